The number of likely N-dealkylation sites (N-methyl/N-ethyl adjacent to an activating group) is 1. The quantitative estimate of drug-likeness (QED) is 0.0211. The number of aliphatic carboxylic acids is 1. The van der Waals surface area contributed by atoms with Gasteiger partial charge < -0.3 is 28.5 Å². The SMILES string of the molecule is CC/C=C\C/C=C\C/C=C\C/C=C\C/C=C\C/C=C\C/C=C\C/C=C\C/C=C\C/C=C\C/C=C\CCCCCCCCCC(=O)OC(COC(=O)CCCCCCCCC/C=C\CCCCCCCCC)COC(OCC[N+](C)(C)C)C(=O)O. The number of carbonyl (C=O) groups excluding carboxylic acids is 2. The van der Waals surface area contributed by atoms with Gasteiger partial charge in [0.1, 0.15) is 13.2 Å². The van der Waals surface area contributed by atoms with Crippen LogP contribution in [0.4, 0.5) is 0 Å². The van der Waals surface area contributed by atoms with Gasteiger partial charge in [-0.1, -0.05) is 262 Å². The van der Waals surface area contributed by atoms with E-state index in [9.17, 15) is 19.5 Å². The molecule has 1 N–H and O–H groups in total. The average molecular weight is 1170 g/mol. The van der Waals surface area contributed by atoms with E-state index in [0.717, 1.165) is 128 Å². The molecule has 0 spiro atoms. The van der Waals surface area contributed by atoms with Gasteiger partial charge in [0.25, 0.3) is 6.29 Å². The Hall–Kier alpha value is -4.83. The Morgan fingerprint density at radius 1 is 0.369 bits per heavy atom. The zero-order valence-electron chi connectivity index (χ0n) is 54.3. The highest BCUT2D eigenvalue weighted by atomic mass is 16.7. The van der Waals surface area contributed by atoms with E-state index in [1.807, 2.05) is 21.1 Å². The van der Waals surface area contributed by atoms with Crippen LogP contribution in [0.1, 0.15) is 251 Å². The molecule has 0 aliphatic carbocycles. The molecule has 476 valence electrons. The highest BCUT2D eigenvalue weighted by molar-refractivity contribution is 5.71. The average Bonchev–Trinajstić information content (AvgIpc) is 3.52. The van der Waals surface area contributed by atoms with Gasteiger partial charge in [-0.2, -0.15) is 0 Å². The van der Waals surface area contributed by atoms with E-state index in [0.29, 0.717) is 17.4 Å². The van der Waals surface area contributed by atoms with Crippen LogP contribution >= 0.6 is 0 Å². The smallest absolute Gasteiger partial charge is 0.361 e. The Kier molecular flexibility index (Phi) is 60.5. The molecule has 0 radical (unpaired) electrons. The minimum atomic E-state index is -1.52. The molecule has 0 amide bonds. The monoisotopic (exact) mass is 1170 g/mol. The van der Waals surface area contributed by atoms with Gasteiger partial charge in [-0.25, -0.2) is 4.79 Å². The molecular weight excluding hydrogens is 1040 g/mol. The van der Waals surface area contributed by atoms with Crippen LogP contribution in [0.15, 0.2) is 146 Å². The summed E-state index contributed by atoms with van der Waals surface area (Å²) in [5.74, 6) is -2.04. The molecule has 0 aromatic rings. The van der Waals surface area contributed by atoms with E-state index in [-0.39, 0.29) is 38.6 Å². The van der Waals surface area contributed by atoms with Crippen molar-refractivity contribution in [1.82, 2.24) is 0 Å². The third kappa shape index (κ3) is 64.7. The number of quaternary nitrogens is 1. The van der Waals surface area contributed by atoms with Crippen LogP contribution in [0.3, 0.4) is 0 Å². The fourth-order valence-corrected chi connectivity index (χ4v) is 8.72. The first kappa shape index (κ1) is 79.2. The topological polar surface area (TPSA) is 108 Å². The number of nitrogens with zero attached hydrogens (tertiary/aromatic N) is 1. The summed E-state index contributed by atoms with van der Waals surface area (Å²) in [6.07, 6.45) is 90.9. The molecule has 9 nitrogen and oxygen atoms in total. The zero-order chi connectivity index (χ0) is 61.2. The number of allylic oxidation sites excluding steroid dienone is 24. The maximum absolute atomic E-state index is 12.9. The Labute approximate surface area is 515 Å². The molecule has 2 atom stereocenters. The Balaban J connectivity index is 4.20. The lowest BCUT2D eigenvalue weighted by Gasteiger charge is -2.25. The number of carboxylic acids is 1. The standard InChI is InChI=1S/C75H123NO8/c1-6-8-10-12-14-16-18-20-22-24-26-27-28-29-30-31-32-33-34-35-36-37-38-39-40-41-42-43-44-45-46-47-48-50-52-54-56-58-60-62-64-66-73(78)84-71(70-83-75(74(79)80)81-68-67-76(3,4)5)69-82-72(77)65-63-61-59-57-55-53-51-49-25-23-21-19-17-15-13-11-9-7-2/h8,10,14,16,20,22-23,25-27,29-30,32-33,35-36,38-39,41-42,44-45,47-48,71,75H,6-7,9,11-13,15,17-19,21,24,28,31,34,37,40,43,46,49-70H2,1-5H3/p+1/b10-8-,16-14-,22-20-,25-23-,27-26-,30-29-,33-32-,36-35-,39-38-,42-41-,45-44-,48-47-. The van der Waals surface area contributed by atoms with Gasteiger partial charge in [0.15, 0.2) is 6.10 Å². The van der Waals surface area contributed by atoms with Crippen molar-refractivity contribution >= 4 is 17.9 Å². The number of carboxylic acid groups (broad SMARTS) is 1. The summed E-state index contributed by atoms with van der Waals surface area (Å²) < 4.78 is 22.9. The molecule has 0 aliphatic heterocycles. The second-order valence-corrected chi connectivity index (χ2v) is 23.0. The first-order valence-electron chi connectivity index (χ1n) is 33.5. The third-order valence-corrected chi connectivity index (χ3v) is 13.8. The van der Waals surface area contributed by atoms with Crippen molar-refractivity contribution in [2.75, 3.05) is 47.5 Å². The van der Waals surface area contributed by atoms with Crippen LogP contribution in [0.2, 0.25) is 0 Å². The first-order chi connectivity index (χ1) is 41.1. The highest BCUT2D eigenvalue weighted by Gasteiger charge is 2.25. The number of rotatable bonds is 60. The molecule has 0 aromatic heterocycles. The molecule has 0 aromatic carbocycles. The van der Waals surface area contributed by atoms with Gasteiger partial charge in [-0.15, -0.1) is 0 Å². The van der Waals surface area contributed by atoms with E-state index in [2.05, 4.69) is 160 Å². The third-order valence-electron chi connectivity index (χ3n) is 13.8. The van der Waals surface area contributed by atoms with E-state index in [1.165, 1.54) is 89.9 Å². The summed E-state index contributed by atoms with van der Waals surface area (Å²) in [6.45, 7) is 4.74. The molecular formula is C75H124NO8+. The molecule has 0 aliphatic rings. The summed E-state index contributed by atoms with van der Waals surface area (Å²) in [4.78, 5) is 37.5. The number of unbranched alkanes of at least 4 members (excludes halogenated alkanes) is 21. The zero-order valence-corrected chi connectivity index (χ0v) is 54.3. The Bertz CT molecular complexity index is 1890. The predicted octanol–water partition coefficient (Wildman–Crippen LogP) is 20.7. The van der Waals surface area contributed by atoms with Crippen molar-refractivity contribution in [3.63, 3.8) is 0 Å². The minimum absolute atomic E-state index is 0.178. The van der Waals surface area contributed by atoms with Gasteiger partial charge in [0.05, 0.1) is 34.4 Å². The minimum Gasteiger partial charge on any atom is -0.477 e. The summed E-state index contributed by atoms with van der Waals surface area (Å²) in [5, 5.41) is 9.72. The van der Waals surface area contributed by atoms with Crippen LogP contribution in [0.25, 0.3) is 0 Å². The fraction of sp³-hybridized carbons (Fsp3) is 0.640. The van der Waals surface area contributed by atoms with Gasteiger partial charge in [0, 0.05) is 12.8 Å². The number of hydrogen-bond donors (Lipinski definition) is 1. The molecule has 9 heteroatoms. The number of ether oxygens (including phenoxy) is 4. The lowest BCUT2D eigenvalue weighted by atomic mass is 10.1. The van der Waals surface area contributed by atoms with Crippen LogP contribution in [0, 0.1) is 0 Å². The molecule has 2 unspecified atom stereocenters. The van der Waals surface area contributed by atoms with Gasteiger partial charge in [-0.3, -0.25) is 9.59 Å². The van der Waals surface area contributed by atoms with Crippen LogP contribution in [-0.4, -0.2) is 87.4 Å². The second-order valence-electron chi connectivity index (χ2n) is 23.0. The number of hydrogen-bond acceptors (Lipinski definition) is 7. The normalized spacial score (nSPS) is 13.7. The molecule has 0 rings (SSSR count). The summed E-state index contributed by atoms with van der Waals surface area (Å²) in [5.41, 5.74) is 0. The summed E-state index contributed by atoms with van der Waals surface area (Å²) >= 11 is 0. The van der Waals surface area contributed by atoms with E-state index < -0.39 is 24.3 Å². The molecule has 0 heterocycles. The van der Waals surface area contributed by atoms with Gasteiger partial charge >= 0.3 is 17.9 Å². The highest BCUT2D eigenvalue weighted by Crippen LogP contribution is 2.15. The van der Waals surface area contributed by atoms with Gasteiger partial charge in [0.2, 0.25) is 0 Å². The van der Waals surface area contributed by atoms with Crippen molar-refractivity contribution in [3.05, 3.63) is 146 Å². The molecule has 0 saturated carbocycles. The van der Waals surface area contributed by atoms with E-state index >= 15 is 0 Å². The van der Waals surface area contributed by atoms with Crippen LogP contribution in [-0.2, 0) is 33.3 Å². The molecule has 0 bridgehead atoms. The van der Waals surface area contributed by atoms with Crippen molar-refractivity contribution in [2.24, 2.45) is 0 Å². The van der Waals surface area contributed by atoms with Crippen molar-refractivity contribution in [2.45, 2.75) is 264 Å². The molecule has 0 saturated heterocycles. The first-order valence-corrected chi connectivity index (χ1v) is 33.5. The van der Waals surface area contributed by atoms with Crippen molar-refractivity contribution < 1.29 is 42.9 Å². The molecule has 0 fully saturated rings. The van der Waals surface area contributed by atoms with E-state index in [4.69, 9.17) is 18.9 Å². The number of carbonyl (C=O) groups is 3. The Morgan fingerprint density at radius 2 is 0.679 bits per heavy atom. The maximum atomic E-state index is 12.9. The summed E-state index contributed by atoms with van der Waals surface area (Å²) in [6, 6.07) is 0. The lowest BCUT2D eigenvalue weighted by molar-refractivity contribution is -0.870. The predicted molar refractivity (Wildman–Crippen MR) is 359 cm³/mol. The van der Waals surface area contributed by atoms with Gasteiger partial charge in [-0.05, 0) is 122 Å². The number of esters is 2. The fourth-order valence-electron chi connectivity index (χ4n) is 8.72. The largest absolute Gasteiger partial charge is 0.477 e. The Morgan fingerprint density at radius 3 is 1.02 bits per heavy atom. The van der Waals surface area contributed by atoms with Crippen molar-refractivity contribution in [3.8, 4) is 0 Å². The summed E-state index contributed by atoms with van der Waals surface area (Å²) in [7, 11) is 5.96. The maximum Gasteiger partial charge on any atom is 0.361 e. The van der Waals surface area contributed by atoms with Crippen LogP contribution in [0.5, 0.6) is 0 Å². The lowest BCUT2D eigenvalue weighted by Crippen LogP contribution is -2.40. The van der Waals surface area contributed by atoms with Crippen LogP contribution < -0.4 is 0 Å². The molecule has 84 heavy (non-hydrogen) atoms. The second kappa shape index (κ2) is 64.2. The van der Waals surface area contributed by atoms with E-state index in [1.54, 1.807) is 0 Å². The van der Waals surface area contributed by atoms with Crippen molar-refractivity contribution in [1.29, 1.82) is 0 Å².